The number of aliphatic hydroxyl groups is 2. The highest BCUT2D eigenvalue weighted by Gasteiger charge is 2.32. The van der Waals surface area contributed by atoms with Gasteiger partial charge in [-0.25, -0.2) is 0 Å². The largest absolute Gasteiger partial charge is 0.492 e. The molecule has 0 saturated heterocycles. The van der Waals surface area contributed by atoms with Gasteiger partial charge in [0.25, 0.3) is 0 Å². The van der Waals surface area contributed by atoms with Crippen LogP contribution in [0.5, 0.6) is 5.75 Å². The molecule has 8 heteroatoms. The highest BCUT2D eigenvalue weighted by molar-refractivity contribution is 6.27. The number of carbonyl (C=O) groups is 2. The second kappa shape index (κ2) is 11.0. The molecule has 7 nitrogen and oxygen atoms in total. The fourth-order valence-corrected chi connectivity index (χ4v) is 2.26. The molecule has 1 aromatic carbocycles. The van der Waals surface area contributed by atoms with E-state index in [2.05, 4.69) is 5.32 Å². The van der Waals surface area contributed by atoms with Crippen LogP contribution in [0.1, 0.15) is 13.8 Å². The first-order valence-electron chi connectivity index (χ1n) is 8.40. The molecule has 2 amide bonds. The average Bonchev–Trinajstić information content (AvgIpc) is 2.66. The van der Waals surface area contributed by atoms with E-state index in [4.69, 9.17) is 16.3 Å². The standard InChI is InChI=1S/C18H27ClN2O5/c1-18(2,13-22)16(24)17(25)20-8-9-21(15(23)12-19)10-11-26-14-6-4-3-5-7-14/h3-7,16,22,24H,8-13H2,1-2H3,(H,20,25)/t16-/m0/s1. The van der Waals surface area contributed by atoms with Crippen molar-refractivity contribution in [1.82, 2.24) is 10.2 Å². The molecule has 0 spiro atoms. The molecule has 0 radical (unpaired) electrons. The van der Waals surface area contributed by atoms with E-state index in [0.717, 1.165) is 0 Å². The molecule has 0 heterocycles. The maximum absolute atomic E-state index is 11.9. The van der Waals surface area contributed by atoms with Crippen molar-refractivity contribution in [3.63, 3.8) is 0 Å². The van der Waals surface area contributed by atoms with E-state index in [1.54, 1.807) is 13.8 Å². The fourth-order valence-electron chi connectivity index (χ4n) is 2.09. The van der Waals surface area contributed by atoms with Crippen LogP contribution in [0.2, 0.25) is 0 Å². The fraction of sp³-hybridized carbons (Fsp3) is 0.556. The van der Waals surface area contributed by atoms with E-state index < -0.39 is 17.4 Å². The van der Waals surface area contributed by atoms with Crippen molar-refractivity contribution in [3.05, 3.63) is 30.3 Å². The van der Waals surface area contributed by atoms with Crippen molar-refractivity contribution in [3.8, 4) is 5.75 Å². The van der Waals surface area contributed by atoms with Gasteiger partial charge in [-0.2, -0.15) is 0 Å². The Morgan fingerprint density at radius 1 is 1.27 bits per heavy atom. The molecule has 0 aliphatic carbocycles. The maximum atomic E-state index is 11.9. The summed E-state index contributed by atoms with van der Waals surface area (Å²) in [6.07, 6.45) is -1.34. The summed E-state index contributed by atoms with van der Waals surface area (Å²) in [7, 11) is 0. The second-order valence-electron chi connectivity index (χ2n) is 6.52. The van der Waals surface area contributed by atoms with Crippen LogP contribution in [0.3, 0.4) is 0 Å². The van der Waals surface area contributed by atoms with Crippen molar-refractivity contribution in [2.24, 2.45) is 5.41 Å². The molecule has 26 heavy (non-hydrogen) atoms. The summed E-state index contributed by atoms with van der Waals surface area (Å²) in [6, 6.07) is 9.22. The van der Waals surface area contributed by atoms with Gasteiger partial charge in [0.2, 0.25) is 11.8 Å². The minimum absolute atomic E-state index is 0.158. The monoisotopic (exact) mass is 386 g/mol. The molecule has 0 unspecified atom stereocenters. The molecule has 1 aromatic rings. The number of nitrogens with one attached hydrogen (secondary N) is 1. The van der Waals surface area contributed by atoms with E-state index >= 15 is 0 Å². The van der Waals surface area contributed by atoms with Crippen LogP contribution >= 0.6 is 11.6 Å². The third-order valence-corrected chi connectivity index (χ3v) is 4.15. The molecule has 0 saturated carbocycles. The van der Waals surface area contributed by atoms with Gasteiger partial charge in [0.05, 0.1) is 13.2 Å². The third-order valence-electron chi connectivity index (χ3n) is 3.92. The molecule has 0 aliphatic heterocycles. The molecule has 0 aromatic heterocycles. The lowest BCUT2D eigenvalue weighted by Crippen LogP contribution is -2.48. The predicted molar refractivity (Wildman–Crippen MR) is 99.1 cm³/mol. The van der Waals surface area contributed by atoms with Crippen molar-refractivity contribution in [2.75, 3.05) is 38.7 Å². The smallest absolute Gasteiger partial charge is 0.249 e. The average molecular weight is 387 g/mol. The lowest BCUT2D eigenvalue weighted by Gasteiger charge is -2.28. The van der Waals surface area contributed by atoms with Gasteiger partial charge < -0.3 is 25.2 Å². The van der Waals surface area contributed by atoms with Gasteiger partial charge in [0.1, 0.15) is 24.3 Å². The predicted octanol–water partition coefficient (Wildman–Crippen LogP) is 0.628. The van der Waals surface area contributed by atoms with Crippen LogP contribution in [0.15, 0.2) is 30.3 Å². The Bertz CT molecular complexity index is 568. The maximum Gasteiger partial charge on any atom is 0.249 e. The molecular formula is C18H27ClN2O5. The van der Waals surface area contributed by atoms with Gasteiger partial charge in [-0.1, -0.05) is 32.0 Å². The number of carbonyl (C=O) groups excluding carboxylic acids is 2. The highest BCUT2D eigenvalue weighted by Crippen LogP contribution is 2.19. The first-order valence-corrected chi connectivity index (χ1v) is 8.93. The molecule has 0 bridgehead atoms. The molecule has 0 fully saturated rings. The molecule has 146 valence electrons. The number of rotatable bonds is 11. The summed E-state index contributed by atoms with van der Waals surface area (Å²) in [5, 5.41) is 21.7. The number of alkyl halides is 1. The Kier molecular flexibility index (Phi) is 9.40. The lowest BCUT2D eigenvalue weighted by molar-refractivity contribution is -0.137. The zero-order valence-corrected chi connectivity index (χ0v) is 15.9. The topological polar surface area (TPSA) is 99.1 Å². The molecule has 1 rings (SSSR count). The van der Waals surface area contributed by atoms with Gasteiger partial charge in [-0.3, -0.25) is 9.59 Å². The number of benzene rings is 1. The van der Waals surface area contributed by atoms with Gasteiger partial charge in [-0.05, 0) is 12.1 Å². The Morgan fingerprint density at radius 2 is 1.92 bits per heavy atom. The van der Waals surface area contributed by atoms with E-state index in [1.807, 2.05) is 30.3 Å². The Hall–Kier alpha value is -1.83. The lowest BCUT2D eigenvalue weighted by atomic mass is 9.87. The SMILES string of the molecule is CC(C)(CO)[C@@H](O)C(=O)NCCN(CCOc1ccccc1)C(=O)CCl. The summed E-state index contributed by atoms with van der Waals surface area (Å²) in [4.78, 5) is 25.3. The van der Waals surface area contributed by atoms with E-state index in [1.165, 1.54) is 4.90 Å². The molecule has 1 atom stereocenters. The number of amides is 2. The van der Waals surface area contributed by atoms with Crippen LogP contribution in [0, 0.1) is 5.41 Å². The summed E-state index contributed by atoms with van der Waals surface area (Å²) in [6.45, 7) is 3.85. The van der Waals surface area contributed by atoms with E-state index in [0.29, 0.717) is 18.9 Å². The Morgan fingerprint density at radius 3 is 2.50 bits per heavy atom. The summed E-state index contributed by atoms with van der Waals surface area (Å²) in [5.41, 5.74) is -0.945. The summed E-state index contributed by atoms with van der Waals surface area (Å²) in [5.74, 6) is -0.329. The summed E-state index contributed by atoms with van der Waals surface area (Å²) >= 11 is 5.63. The zero-order chi connectivity index (χ0) is 19.6. The number of ether oxygens (including phenoxy) is 1. The molecule has 0 aliphatic rings. The van der Waals surface area contributed by atoms with Crippen molar-refractivity contribution in [2.45, 2.75) is 20.0 Å². The minimum atomic E-state index is -1.34. The third kappa shape index (κ3) is 7.19. The normalized spacial score (nSPS) is 12.3. The quantitative estimate of drug-likeness (QED) is 0.484. The number of hydrogen-bond acceptors (Lipinski definition) is 5. The van der Waals surface area contributed by atoms with E-state index in [-0.39, 0.29) is 31.5 Å². The van der Waals surface area contributed by atoms with Gasteiger partial charge in [0, 0.05) is 18.5 Å². The van der Waals surface area contributed by atoms with Gasteiger partial charge >= 0.3 is 0 Å². The number of halogens is 1. The number of nitrogens with zero attached hydrogens (tertiary/aromatic N) is 1. The van der Waals surface area contributed by atoms with Crippen LogP contribution in [-0.4, -0.2) is 71.8 Å². The highest BCUT2D eigenvalue weighted by atomic mass is 35.5. The number of hydrogen-bond donors (Lipinski definition) is 3. The van der Waals surface area contributed by atoms with E-state index in [9.17, 15) is 19.8 Å². The van der Waals surface area contributed by atoms with Crippen LogP contribution < -0.4 is 10.1 Å². The van der Waals surface area contributed by atoms with Crippen LogP contribution in [0.25, 0.3) is 0 Å². The first kappa shape index (κ1) is 22.2. The number of aliphatic hydroxyl groups excluding tert-OH is 2. The first-order chi connectivity index (χ1) is 12.3. The van der Waals surface area contributed by atoms with Crippen LogP contribution in [-0.2, 0) is 9.59 Å². The van der Waals surface area contributed by atoms with Crippen molar-refractivity contribution >= 4 is 23.4 Å². The molecular weight excluding hydrogens is 360 g/mol. The molecule has 3 N–H and O–H groups in total. The van der Waals surface area contributed by atoms with Gasteiger partial charge in [0.15, 0.2) is 0 Å². The van der Waals surface area contributed by atoms with Crippen LogP contribution in [0.4, 0.5) is 0 Å². The Balaban J connectivity index is 2.45. The number of para-hydroxylation sites is 1. The van der Waals surface area contributed by atoms with Gasteiger partial charge in [-0.15, -0.1) is 11.6 Å². The summed E-state index contributed by atoms with van der Waals surface area (Å²) < 4.78 is 5.56. The Labute approximate surface area is 158 Å². The second-order valence-corrected chi connectivity index (χ2v) is 6.78. The van der Waals surface area contributed by atoms with Crippen molar-refractivity contribution in [1.29, 1.82) is 0 Å². The minimum Gasteiger partial charge on any atom is -0.492 e. The van der Waals surface area contributed by atoms with Crippen molar-refractivity contribution < 1.29 is 24.5 Å². The zero-order valence-electron chi connectivity index (χ0n) is 15.2.